The molecule has 0 aromatic heterocycles. The Morgan fingerprint density at radius 2 is 1.71 bits per heavy atom. The summed E-state index contributed by atoms with van der Waals surface area (Å²) in [5, 5.41) is 21.9. The molecule has 0 atom stereocenters. The van der Waals surface area contributed by atoms with Crippen LogP contribution in [0.5, 0.6) is 5.75 Å². The molecule has 2 aromatic carbocycles. The van der Waals surface area contributed by atoms with Crippen LogP contribution in [0.2, 0.25) is 5.02 Å². The molecule has 0 aliphatic carbocycles. The summed E-state index contributed by atoms with van der Waals surface area (Å²) in [4.78, 5) is 23.7. The van der Waals surface area contributed by atoms with Gasteiger partial charge in [0.15, 0.2) is 0 Å². The first-order chi connectivity index (χ1) is 14.4. The van der Waals surface area contributed by atoms with Gasteiger partial charge in [-0.25, -0.2) is 13.6 Å². The van der Waals surface area contributed by atoms with E-state index in [0.717, 1.165) is 30.4 Å². The van der Waals surface area contributed by atoms with Gasteiger partial charge in [-0.15, -0.1) is 0 Å². The monoisotopic (exact) mass is 453 g/mol. The number of hydrogen-bond acceptors (Lipinski definition) is 3. The number of carboxylic acids is 1. The molecule has 0 aliphatic rings. The molecule has 0 saturated heterocycles. The summed E-state index contributed by atoms with van der Waals surface area (Å²) in [7, 11) is 0. The van der Waals surface area contributed by atoms with E-state index in [0.29, 0.717) is 18.6 Å². The number of nitrogens with one attached hydrogen (secondary N) is 1. The van der Waals surface area contributed by atoms with E-state index in [9.17, 15) is 23.5 Å². The number of aromatic carboxylic acids is 1. The van der Waals surface area contributed by atoms with Crippen molar-refractivity contribution in [3.8, 4) is 5.75 Å². The molecule has 0 spiro atoms. The SMILES string of the molecule is CCCCC(C)(C)c1c(CC)cc(C(=O)Nc2cc(F)c(C(=O)O)c(F)c2)c(O)c1Cl. The van der Waals surface area contributed by atoms with Gasteiger partial charge in [-0.1, -0.05) is 52.1 Å². The number of rotatable bonds is 8. The molecule has 8 heteroatoms. The van der Waals surface area contributed by atoms with Gasteiger partial charge in [-0.05, 0) is 47.6 Å². The Morgan fingerprint density at radius 1 is 1.13 bits per heavy atom. The normalized spacial score (nSPS) is 11.5. The third-order valence-electron chi connectivity index (χ3n) is 5.29. The highest BCUT2D eigenvalue weighted by molar-refractivity contribution is 6.34. The quantitative estimate of drug-likeness (QED) is 0.437. The van der Waals surface area contributed by atoms with E-state index < -0.39 is 34.8 Å². The molecule has 5 nitrogen and oxygen atoms in total. The van der Waals surface area contributed by atoms with Gasteiger partial charge in [0.2, 0.25) is 0 Å². The van der Waals surface area contributed by atoms with Crippen molar-refractivity contribution in [3.63, 3.8) is 0 Å². The summed E-state index contributed by atoms with van der Waals surface area (Å²) in [5.41, 5.74) is -0.319. The Morgan fingerprint density at radius 3 is 2.19 bits per heavy atom. The number of carboxylic acid groups (broad SMARTS) is 1. The largest absolute Gasteiger partial charge is 0.506 e. The van der Waals surface area contributed by atoms with Gasteiger partial charge in [0, 0.05) is 5.69 Å². The van der Waals surface area contributed by atoms with Crippen molar-refractivity contribution in [2.75, 3.05) is 5.32 Å². The van der Waals surface area contributed by atoms with Gasteiger partial charge in [0.05, 0.1) is 10.6 Å². The van der Waals surface area contributed by atoms with Gasteiger partial charge in [-0.3, -0.25) is 4.79 Å². The first-order valence-electron chi connectivity index (χ1n) is 10.0. The van der Waals surface area contributed by atoms with Gasteiger partial charge in [0.1, 0.15) is 22.9 Å². The minimum Gasteiger partial charge on any atom is -0.506 e. The fourth-order valence-electron chi connectivity index (χ4n) is 3.67. The number of hydrogen-bond donors (Lipinski definition) is 3. The molecule has 0 unspecified atom stereocenters. The second-order valence-corrected chi connectivity index (χ2v) is 8.41. The van der Waals surface area contributed by atoms with Crippen molar-refractivity contribution in [3.05, 3.63) is 57.1 Å². The van der Waals surface area contributed by atoms with Crippen LogP contribution in [0.25, 0.3) is 0 Å². The third kappa shape index (κ3) is 5.15. The van der Waals surface area contributed by atoms with E-state index in [4.69, 9.17) is 16.7 Å². The van der Waals surface area contributed by atoms with Crippen molar-refractivity contribution in [1.29, 1.82) is 0 Å². The maximum absolute atomic E-state index is 13.9. The number of benzene rings is 2. The molecule has 0 bridgehead atoms. The van der Waals surface area contributed by atoms with Crippen molar-refractivity contribution in [2.24, 2.45) is 0 Å². The fraction of sp³-hybridized carbons (Fsp3) is 0.391. The van der Waals surface area contributed by atoms with Crippen LogP contribution in [0, 0.1) is 11.6 Å². The van der Waals surface area contributed by atoms with Gasteiger partial charge >= 0.3 is 5.97 Å². The highest BCUT2D eigenvalue weighted by atomic mass is 35.5. The topological polar surface area (TPSA) is 86.6 Å². The third-order valence-corrected chi connectivity index (χ3v) is 5.66. The first kappa shape index (κ1) is 24.6. The van der Waals surface area contributed by atoms with Crippen LogP contribution in [0.4, 0.5) is 14.5 Å². The average molecular weight is 454 g/mol. The van der Waals surface area contributed by atoms with Gasteiger partial charge in [-0.2, -0.15) is 0 Å². The number of unbranched alkanes of at least 4 members (excludes halogenated alkanes) is 1. The second kappa shape index (κ2) is 9.64. The van der Waals surface area contributed by atoms with Crippen molar-refractivity contribution < 1.29 is 28.6 Å². The lowest BCUT2D eigenvalue weighted by atomic mass is 9.76. The lowest BCUT2D eigenvalue weighted by Crippen LogP contribution is -2.22. The highest BCUT2D eigenvalue weighted by Crippen LogP contribution is 2.43. The van der Waals surface area contributed by atoms with Crippen LogP contribution in [0.15, 0.2) is 18.2 Å². The molecular weight excluding hydrogens is 428 g/mol. The number of phenolic OH excluding ortho intramolecular Hbond substituents is 1. The minimum atomic E-state index is -1.76. The van der Waals surface area contributed by atoms with Crippen LogP contribution >= 0.6 is 11.6 Å². The van der Waals surface area contributed by atoms with Crippen molar-refractivity contribution in [2.45, 2.75) is 58.8 Å². The van der Waals surface area contributed by atoms with E-state index in [1.807, 2.05) is 20.8 Å². The second-order valence-electron chi connectivity index (χ2n) is 8.04. The maximum atomic E-state index is 13.9. The number of carbonyl (C=O) groups excluding carboxylic acids is 1. The fourth-order valence-corrected chi connectivity index (χ4v) is 4.15. The van der Waals surface area contributed by atoms with E-state index in [2.05, 4.69) is 12.2 Å². The lowest BCUT2D eigenvalue weighted by molar-refractivity contribution is 0.0686. The lowest BCUT2D eigenvalue weighted by Gasteiger charge is -2.30. The van der Waals surface area contributed by atoms with Gasteiger partial charge in [0.25, 0.3) is 5.91 Å². The Labute approximate surface area is 185 Å². The van der Waals surface area contributed by atoms with Gasteiger partial charge < -0.3 is 15.5 Å². The van der Waals surface area contributed by atoms with Crippen LogP contribution in [0.1, 0.15) is 78.8 Å². The van der Waals surface area contributed by atoms with Crippen molar-refractivity contribution >= 4 is 29.2 Å². The smallest absolute Gasteiger partial charge is 0.341 e. The summed E-state index contributed by atoms with van der Waals surface area (Å²) in [6.45, 7) is 8.03. The Bertz CT molecular complexity index is 998. The zero-order valence-electron chi connectivity index (χ0n) is 17.9. The van der Waals surface area contributed by atoms with Crippen LogP contribution in [-0.2, 0) is 11.8 Å². The summed E-state index contributed by atoms with van der Waals surface area (Å²) < 4.78 is 27.8. The molecule has 0 radical (unpaired) electrons. The number of halogens is 3. The van der Waals surface area contributed by atoms with E-state index in [-0.39, 0.29) is 21.7 Å². The molecule has 3 N–H and O–H groups in total. The number of carbonyl (C=O) groups is 2. The van der Waals surface area contributed by atoms with E-state index in [1.54, 1.807) is 0 Å². The molecule has 0 aliphatic heterocycles. The number of aromatic hydroxyl groups is 1. The van der Waals surface area contributed by atoms with E-state index in [1.165, 1.54) is 6.07 Å². The van der Waals surface area contributed by atoms with Crippen molar-refractivity contribution in [1.82, 2.24) is 0 Å². The number of phenols is 1. The number of anilines is 1. The zero-order chi connectivity index (χ0) is 23.5. The average Bonchev–Trinajstić information content (AvgIpc) is 2.66. The first-order valence-corrected chi connectivity index (χ1v) is 10.4. The summed E-state index contributed by atoms with van der Waals surface area (Å²) in [5.74, 6) is -5.65. The molecular formula is C23H26ClF2NO4. The predicted octanol–water partition coefficient (Wildman–Crippen LogP) is 6.30. The van der Waals surface area contributed by atoms with Crippen LogP contribution < -0.4 is 5.32 Å². The molecule has 0 heterocycles. The molecule has 2 rings (SSSR count). The molecule has 0 fully saturated rings. The number of amides is 1. The summed E-state index contributed by atoms with van der Waals surface area (Å²) in [6, 6.07) is 2.93. The Kier molecular flexibility index (Phi) is 7.65. The standard InChI is InChI=1S/C23H26ClF2NO4/c1-5-7-8-23(3,4)18-12(6-2)9-14(20(28)19(18)24)21(29)27-13-10-15(25)17(22(30)31)16(26)11-13/h9-11,28H,5-8H2,1-4H3,(H,27,29)(H,30,31). The maximum Gasteiger partial charge on any atom is 0.341 e. The predicted molar refractivity (Wildman–Crippen MR) is 116 cm³/mol. The highest BCUT2D eigenvalue weighted by Gasteiger charge is 2.30. The molecule has 168 valence electrons. The Balaban J connectivity index is 2.47. The Hall–Kier alpha value is -2.67. The summed E-state index contributed by atoms with van der Waals surface area (Å²) >= 11 is 6.48. The number of aryl methyl sites for hydroxylation is 1. The van der Waals surface area contributed by atoms with E-state index >= 15 is 0 Å². The summed E-state index contributed by atoms with van der Waals surface area (Å²) in [6.07, 6.45) is 3.37. The van der Waals surface area contributed by atoms with Crippen LogP contribution in [-0.4, -0.2) is 22.1 Å². The minimum absolute atomic E-state index is 0.0733. The molecule has 0 saturated carbocycles. The molecule has 31 heavy (non-hydrogen) atoms. The van der Waals surface area contributed by atoms with Crippen LogP contribution in [0.3, 0.4) is 0 Å². The zero-order valence-corrected chi connectivity index (χ0v) is 18.7. The molecule has 1 amide bonds. The molecule has 2 aromatic rings.